The van der Waals surface area contributed by atoms with E-state index in [-0.39, 0.29) is 11.5 Å². The lowest BCUT2D eigenvalue weighted by molar-refractivity contribution is 0.0383. The lowest BCUT2D eigenvalue weighted by Crippen LogP contribution is -2.41. The second kappa shape index (κ2) is 7.04. The Morgan fingerprint density at radius 1 is 1.45 bits per heavy atom. The zero-order valence-electron chi connectivity index (χ0n) is 11.2. The molecule has 1 N–H and O–H groups in total. The zero-order chi connectivity index (χ0) is 14.4. The van der Waals surface area contributed by atoms with Gasteiger partial charge in [0.05, 0.1) is 18.8 Å². The van der Waals surface area contributed by atoms with Crippen LogP contribution in [0.3, 0.4) is 0 Å². The number of carbonyl (C=O) groups excluding carboxylic acids is 1. The molecule has 4 nitrogen and oxygen atoms in total. The van der Waals surface area contributed by atoms with Crippen LogP contribution in [0.2, 0.25) is 0 Å². The first-order valence-corrected chi connectivity index (χ1v) is 6.55. The van der Waals surface area contributed by atoms with Gasteiger partial charge in [0.15, 0.2) is 0 Å². The molecule has 0 spiro atoms. The van der Waals surface area contributed by atoms with Gasteiger partial charge in [-0.05, 0) is 18.2 Å². The smallest absolute Gasteiger partial charge is 0.251 e. The van der Waals surface area contributed by atoms with E-state index in [0.29, 0.717) is 12.1 Å². The normalized spacial score (nSPS) is 15.6. The standard InChI is InChI=1S/C15H17FN2O2/c1-2-12-11-13(3-4-14(12)16)15(19)17-5-6-18-7-9-20-10-8-18/h1,3-4,11H,5-10H2,(H,17,19). The van der Waals surface area contributed by atoms with Gasteiger partial charge in [-0.15, -0.1) is 6.42 Å². The van der Waals surface area contributed by atoms with Crippen molar-refractivity contribution in [3.05, 3.63) is 35.1 Å². The minimum absolute atomic E-state index is 0.103. The van der Waals surface area contributed by atoms with Crippen molar-refractivity contribution >= 4 is 5.91 Å². The number of benzene rings is 1. The maximum Gasteiger partial charge on any atom is 0.251 e. The highest BCUT2D eigenvalue weighted by atomic mass is 19.1. The van der Waals surface area contributed by atoms with Crippen molar-refractivity contribution < 1.29 is 13.9 Å². The van der Waals surface area contributed by atoms with Crippen molar-refractivity contribution in [2.45, 2.75) is 0 Å². The molecular formula is C15H17FN2O2. The van der Waals surface area contributed by atoms with Gasteiger partial charge in [-0.25, -0.2) is 4.39 Å². The van der Waals surface area contributed by atoms with Crippen LogP contribution in [0.5, 0.6) is 0 Å². The average Bonchev–Trinajstić information content (AvgIpc) is 2.48. The first-order valence-electron chi connectivity index (χ1n) is 6.55. The molecule has 1 aromatic carbocycles. The highest BCUT2D eigenvalue weighted by Gasteiger charge is 2.11. The van der Waals surface area contributed by atoms with Crippen LogP contribution in [0.4, 0.5) is 4.39 Å². The summed E-state index contributed by atoms with van der Waals surface area (Å²) in [5.74, 6) is 1.49. The second-order valence-corrected chi connectivity index (χ2v) is 4.55. The monoisotopic (exact) mass is 276 g/mol. The first-order chi connectivity index (χ1) is 9.70. The van der Waals surface area contributed by atoms with E-state index >= 15 is 0 Å². The molecule has 1 heterocycles. The first kappa shape index (κ1) is 14.5. The van der Waals surface area contributed by atoms with Crippen LogP contribution in [-0.4, -0.2) is 50.2 Å². The molecule has 1 aromatic rings. The summed E-state index contributed by atoms with van der Waals surface area (Å²) in [4.78, 5) is 14.1. The molecule has 20 heavy (non-hydrogen) atoms. The summed E-state index contributed by atoms with van der Waals surface area (Å²) in [5.41, 5.74) is 0.479. The number of terminal acetylenes is 1. The summed E-state index contributed by atoms with van der Waals surface area (Å²) in [5, 5.41) is 2.80. The number of ether oxygens (including phenoxy) is 1. The molecule has 106 valence electrons. The minimum atomic E-state index is -0.489. The van der Waals surface area contributed by atoms with Gasteiger partial charge < -0.3 is 10.1 Å². The van der Waals surface area contributed by atoms with E-state index in [2.05, 4.69) is 16.1 Å². The highest BCUT2D eigenvalue weighted by molar-refractivity contribution is 5.94. The van der Waals surface area contributed by atoms with E-state index in [4.69, 9.17) is 11.2 Å². The van der Waals surface area contributed by atoms with Gasteiger partial charge >= 0.3 is 0 Å². The third-order valence-corrected chi connectivity index (χ3v) is 3.20. The average molecular weight is 276 g/mol. The Bertz CT molecular complexity index is 519. The molecule has 1 fully saturated rings. The summed E-state index contributed by atoms with van der Waals surface area (Å²) in [6.45, 7) is 4.55. The van der Waals surface area contributed by atoms with Gasteiger partial charge in [-0.2, -0.15) is 0 Å². The van der Waals surface area contributed by atoms with Crippen LogP contribution < -0.4 is 5.32 Å². The summed E-state index contributed by atoms with van der Waals surface area (Å²) >= 11 is 0. The number of hydrogen-bond acceptors (Lipinski definition) is 3. The third kappa shape index (κ3) is 3.80. The maximum absolute atomic E-state index is 13.2. The van der Waals surface area contributed by atoms with Crippen LogP contribution in [0.15, 0.2) is 18.2 Å². The predicted molar refractivity (Wildman–Crippen MR) is 73.9 cm³/mol. The van der Waals surface area contributed by atoms with Gasteiger partial charge in [0.2, 0.25) is 0 Å². The van der Waals surface area contributed by atoms with Gasteiger partial charge in [-0.3, -0.25) is 9.69 Å². The predicted octanol–water partition coefficient (Wildman–Crippen LogP) is 0.869. The topological polar surface area (TPSA) is 41.6 Å². The SMILES string of the molecule is C#Cc1cc(C(=O)NCCN2CCOCC2)ccc1F. The number of morpholine rings is 1. The molecule has 1 aliphatic heterocycles. The lowest BCUT2D eigenvalue weighted by Gasteiger charge is -2.26. The Labute approximate surface area is 117 Å². The van der Waals surface area contributed by atoms with Crippen LogP contribution >= 0.6 is 0 Å². The quantitative estimate of drug-likeness (QED) is 0.830. The fourth-order valence-electron chi connectivity index (χ4n) is 2.03. The van der Waals surface area contributed by atoms with Crippen molar-refractivity contribution in [2.75, 3.05) is 39.4 Å². The van der Waals surface area contributed by atoms with E-state index in [1.165, 1.54) is 18.2 Å². The Morgan fingerprint density at radius 2 is 2.20 bits per heavy atom. The Kier molecular flexibility index (Phi) is 5.10. The van der Waals surface area contributed by atoms with Gasteiger partial charge in [-0.1, -0.05) is 5.92 Å². The Hall–Kier alpha value is -1.90. The van der Waals surface area contributed by atoms with E-state index in [1.807, 2.05) is 0 Å². The van der Waals surface area contributed by atoms with E-state index in [1.54, 1.807) is 0 Å². The molecule has 0 atom stereocenters. The summed E-state index contributed by atoms with van der Waals surface area (Å²) < 4.78 is 18.5. The molecule has 0 aliphatic carbocycles. The fraction of sp³-hybridized carbons (Fsp3) is 0.400. The minimum Gasteiger partial charge on any atom is -0.379 e. The van der Waals surface area contributed by atoms with Crippen molar-refractivity contribution in [1.29, 1.82) is 0 Å². The van der Waals surface area contributed by atoms with Crippen LogP contribution in [0, 0.1) is 18.2 Å². The van der Waals surface area contributed by atoms with E-state index in [9.17, 15) is 9.18 Å². The van der Waals surface area contributed by atoms with Crippen LogP contribution in [-0.2, 0) is 4.74 Å². The second-order valence-electron chi connectivity index (χ2n) is 4.55. The molecule has 5 heteroatoms. The number of nitrogens with one attached hydrogen (secondary N) is 1. The van der Waals surface area contributed by atoms with E-state index in [0.717, 1.165) is 32.8 Å². The number of hydrogen-bond donors (Lipinski definition) is 1. The third-order valence-electron chi connectivity index (χ3n) is 3.20. The summed E-state index contributed by atoms with van der Waals surface area (Å²) in [7, 11) is 0. The highest BCUT2D eigenvalue weighted by Crippen LogP contribution is 2.09. The molecule has 0 aromatic heterocycles. The van der Waals surface area contributed by atoms with Crippen LogP contribution in [0.1, 0.15) is 15.9 Å². The largest absolute Gasteiger partial charge is 0.379 e. The van der Waals surface area contributed by atoms with Crippen molar-refractivity contribution in [2.24, 2.45) is 0 Å². The number of amides is 1. The van der Waals surface area contributed by atoms with Gasteiger partial charge in [0, 0.05) is 31.7 Å². The fourth-order valence-corrected chi connectivity index (χ4v) is 2.03. The van der Waals surface area contributed by atoms with Crippen molar-refractivity contribution in [1.82, 2.24) is 10.2 Å². The number of rotatable bonds is 4. The molecule has 1 aliphatic rings. The lowest BCUT2D eigenvalue weighted by atomic mass is 10.1. The Balaban J connectivity index is 1.84. The number of halogens is 1. The van der Waals surface area contributed by atoms with Gasteiger partial charge in [0.1, 0.15) is 5.82 Å². The molecule has 1 saturated heterocycles. The summed E-state index contributed by atoms with van der Waals surface area (Å²) in [6, 6.07) is 4.03. The number of carbonyl (C=O) groups is 1. The van der Waals surface area contributed by atoms with E-state index < -0.39 is 5.82 Å². The molecule has 0 saturated carbocycles. The Morgan fingerprint density at radius 3 is 2.90 bits per heavy atom. The van der Waals surface area contributed by atoms with Gasteiger partial charge in [0.25, 0.3) is 5.91 Å². The zero-order valence-corrected chi connectivity index (χ0v) is 11.2. The molecule has 2 rings (SSSR count). The summed E-state index contributed by atoms with van der Waals surface area (Å²) in [6.07, 6.45) is 5.18. The van der Waals surface area contributed by atoms with Crippen molar-refractivity contribution in [3.8, 4) is 12.3 Å². The molecule has 0 unspecified atom stereocenters. The molecule has 0 bridgehead atoms. The van der Waals surface area contributed by atoms with Crippen LogP contribution in [0.25, 0.3) is 0 Å². The number of nitrogens with zero attached hydrogens (tertiary/aromatic N) is 1. The van der Waals surface area contributed by atoms with Crippen molar-refractivity contribution in [3.63, 3.8) is 0 Å². The molecular weight excluding hydrogens is 259 g/mol. The maximum atomic E-state index is 13.2. The molecule has 1 amide bonds. The molecule has 0 radical (unpaired) electrons.